The van der Waals surface area contributed by atoms with E-state index in [9.17, 15) is 4.79 Å². The molecule has 0 aromatic rings. The van der Waals surface area contributed by atoms with Gasteiger partial charge in [-0.2, -0.15) is 0 Å². The van der Waals surface area contributed by atoms with Crippen LogP contribution in [0.15, 0.2) is 0 Å². The normalized spacial score (nSPS) is 16.3. The van der Waals surface area contributed by atoms with Crippen molar-refractivity contribution >= 4 is 5.91 Å². The van der Waals surface area contributed by atoms with Gasteiger partial charge >= 0.3 is 0 Å². The maximum atomic E-state index is 12.0. The lowest BCUT2D eigenvalue weighted by molar-refractivity contribution is -0.136. The minimum atomic E-state index is -0.427. The van der Waals surface area contributed by atoms with E-state index < -0.39 is 6.04 Å². The Morgan fingerprint density at radius 1 is 1.20 bits per heavy atom. The molecule has 2 N–H and O–H groups in total. The van der Waals surface area contributed by atoms with Crippen LogP contribution in [0.3, 0.4) is 0 Å². The molecule has 0 aliphatic carbocycles. The second kappa shape index (κ2) is 4.97. The van der Waals surface area contributed by atoms with Crippen LogP contribution in [0.1, 0.15) is 41.5 Å². The zero-order valence-corrected chi connectivity index (χ0v) is 11.2. The summed E-state index contributed by atoms with van der Waals surface area (Å²) < 4.78 is 0. The quantitative estimate of drug-likeness (QED) is 0.779. The van der Waals surface area contributed by atoms with E-state index in [1.807, 2.05) is 27.8 Å². The van der Waals surface area contributed by atoms with E-state index in [-0.39, 0.29) is 17.4 Å². The Bertz CT molecular complexity index is 218. The summed E-state index contributed by atoms with van der Waals surface area (Å²) in [6, 6.07) is -0.199. The highest BCUT2D eigenvalue weighted by Crippen LogP contribution is 2.20. The van der Waals surface area contributed by atoms with Crippen molar-refractivity contribution in [3.8, 4) is 0 Å². The fraction of sp³-hybridized carbons (Fsp3) is 0.917. The minimum Gasteiger partial charge on any atom is -0.341 e. The van der Waals surface area contributed by atoms with Crippen molar-refractivity contribution in [3.63, 3.8) is 0 Å². The van der Waals surface area contributed by atoms with Crippen LogP contribution in [0, 0.1) is 11.3 Å². The molecule has 0 rings (SSSR count). The van der Waals surface area contributed by atoms with Crippen LogP contribution in [0.5, 0.6) is 0 Å². The number of carbonyl (C=O) groups is 1. The Labute approximate surface area is 94.0 Å². The van der Waals surface area contributed by atoms with Gasteiger partial charge in [0, 0.05) is 13.1 Å². The number of hydrogen-bond donors (Lipinski definition) is 1. The molecular formula is C12H26N2O. The second-order valence-corrected chi connectivity index (χ2v) is 5.78. The SMILES string of the molecule is CC(C)C(C)N(C)C(=O)[C@H](N)C(C)(C)C. The molecule has 0 radical (unpaired) electrons. The maximum Gasteiger partial charge on any atom is 0.240 e. The number of rotatable bonds is 3. The van der Waals surface area contributed by atoms with Gasteiger partial charge < -0.3 is 10.6 Å². The molecule has 15 heavy (non-hydrogen) atoms. The Hall–Kier alpha value is -0.570. The van der Waals surface area contributed by atoms with Gasteiger partial charge in [-0.3, -0.25) is 4.79 Å². The van der Waals surface area contributed by atoms with Crippen molar-refractivity contribution in [2.24, 2.45) is 17.1 Å². The first kappa shape index (κ1) is 14.4. The van der Waals surface area contributed by atoms with Gasteiger partial charge in [0.05, 0.1) is 6.04 Å². The monoisotopic (exact) mass is 214 g/mol. The molecule has 0 fully saturated rings. The number of likely N-dealkylation sites (N-methyl/N-ethyl adjacent to an activating group) is 1. The molecule has 0 aliphatic rings. The zero-order chi connectivity index (χ0) is 12.4. The van der Waals surface area contributed by atoms with Crippen molar-refractivity contribution in [1.82, 2.24) is 4.90 Å². The third-order valence-electron chi connectivity index (χ3n) is 3.12. The van der Waals surface area contributed by atoms with Gasteiger partial charge in [-0.1, -0.05) is 34.6 Å². The highest BCUT2D eigenvalue weighted by atomic mass is 16.2. The third kappa shape index (κ3) is 3.82. The standard InChI is InChI=1S/C12H26N2O/c1-8(2)9(3)14(7)11(15)10(13)12(4,5)6/h8-10H,13H2,1-7H3/t9?,10-/m0/s1. The molecule has 0 aromatic heterocycles. The predicted octanol–water partition coefficient (Wildman–Crippen LogP) is 1.86. The average molecular weight is 214 g/mol. The van der Waals surface area contributed by atoms with Crippen molar-refractivity contribution in [3.05, 3.63) is 0 Å². The molecule has 1 amide bonds. The summed E-state index contributed by atoms with van der Waals surface area (Å²) in [5, 5.41) is 0. The van der Waals surface area contributed by atoms with E-state index in [0.29, 0.717) is 5.92 Å². The first-order valence-corrected chi connectivity index (χ1v) is 5.61. The summed E-state index contributed by atoms with van der Waals surface area (Å²) in [7, 11) is 1.83. The Kier molecular flexibility index (Phi) is 4.78. The van der Waals surface area contributed by atoms with Gasteiger partial charge in [0.2, 0.25) is 5.91 Å². The molecule has 0 aromatic carbocycles. The fourth-order valence-corrected chi connectivity index (χ4v) is 1.24. The summed E-state index contributed by atoms with van der Waals surface area (Å²) in [6.45, 7) is 12.2. The van der Waals surface area contributed by atoms with Crippen LogP contribution < -0.4 is 5.73 Å². The van der Waals surface area contributed by atoms with Crippen molar-refractivity contribution in [2.75, 3.05) is 7.05 Å². The van der Waals surface area contributed by atoms with E-state index in [1.54, 1.807) is 4.90 Å². The molecular weight excluding hydrogens is 188 g/mol. The van der Waals surface area contributed by atoms with Crippen molar-refractivity contribution in [2.45, 2.75) is 53.6 Å². The third-order valence-corrected chi connectivity index (χ3v) is 3.12. The number of amides is 1. The molecule has 3 nitrogen and oxygen atoms in total. The summed E-state index contributed by atoms with van der Waals surface area (Å²) in [5.74, 6) is 0.481. The fourth-order valence-electron chi connectivity index (χ4n) is 1.24. The van der Waals surface area contributed by atoms with E-state index in [1.165, 1.54) is 0 Å². The molecule has 90 valence electrons. The average Bonchev–Trinajstić information content (AvgIpc) is 2.11. The second-order valence-electron chi connectivity index (χ2n) is 5.78. The lowest BCUT2D eigenvalue weighted by Gasteiger charge is -2.34. The van der Waals surface area contributed by atoms with Gasteiger partial charge in [0.1, 0.15) is 0 Å². The Morgan fingerprint density at radius 3 is 1.87 bits per heavy atom. The van der Waals surface area contributed by atoms with Crippen molar-refractivity contribution < 1.29 is 4.79 Å². The summed E-state index contributed by atoms with van der Waals surface area (Å²) in [5.41, 5.74) is 5.76. The highest BCUT2D eigenvalue weighted by Gasteiger charge is 2.31. The summed E-state index contributed by atoms with van der Waals surface area (Å²) >= 11 is 0. The van der Waals surface area contributed by atoms with Gasteiger partial charge in [0.25, 0.3) is 0 Å². The van der Waals surface area contributed by atoms with Crippen LogP contribution in [-0.4, -0.2) is 29.9 Å². The van der Waals surface area contributed by atoms with Gasteiger partial charge in [-0.15, -0.1) is 0 Å². The lowest BCUT2D eigenvalue weighted by Crippen LogP contribution is -2.52. The summed E-state index contributed by atoms with van der Waals surface area (Å²) in [6.07, 6.45) is 0. The first-order valence-electron chi connectivity index (χ1n) is 5.61. The Balaban J connectivity index is 4.59. The number of nitrogens with zero attached hydrogens (tertiary/aromatic N) is 1. The van der Waals surface area contributed by atoms with Gasteiger partial charge in [-0.25, -0.2) is 0 Å². The number of hydrogen-bond acceptors (Lipinski definition) is 2. The molecule has 1 unspecified atom stereocenters. The molecule has 0 spiro atoms. The van der Waals surface area contributed by atoms with Gasteiger partial charge in [0.15, 0.2) is 0 Å². The van der Waals surface area contributed by atoms with E-state index in [2.05, 4.69) is 20.8 Å². The zero-order valence-electron chi connectivity index (χ0n) is 11.2. The molecule has 0 heterocycles. The molecule has 0 saturated carbocycles. The van der Waals surface area contributed by atoms with Crippen molar-refractivity contribution in [1.29, 1.82) is 0 Å². The number of carbonyl (C=O) groups excluding carboxylic acids is 1. The minimum absolute atomic E-state index is 0.0312. The molecule has 0 saturated heterocycles. The van der Waals surface area contributed by atoms with Crippen LogP contribution in [0.25, 0.3) is 0 Å². The Morgan fingerprint density at radius 2 is 1.60 bits per heavy atom. The van der Waals surface area contributed by atoms with E-state index >= 15 is 0 Å². The highest BCUT2D eigenvalue weighted by molar-refractivity contribution is 5.82. The molecule has 0 bridgehead atoms. The van der Waals surface area contributed by atoms with Crippen LogP contribution in [0.4, 0.5) is 0 Å². The smallest absolute Gasteiger partial charge is 0.240 e. The molecule has 0 aliphatic heterocycles. The topological polar surface area (TPSA) is 46.3 Å². The number of nitrogens with two attached hydrogens (primary N) is 1. The van der Waals surface area contributed by atoms with Gasteiger partial charge in [-0.05, 0) is 18.3 Å². The molecule has 3 heteroatoms. The summed E-state index contributed by atoms with van der Waals surface area (Å²) in [4.78, 5) is 13.8. The van der Waals surface area contributed by atoms with Crippen LogP contribution in [0.2, 0.25) is 0 Å². The van der Waals surface area contributed by atoms with E-state index in [0.717, 1.165) is 0 Å². The van der Waals surface area contributed by atoms with Crippen LogP contribution >= 0.6 is 0 Å². The van der Waals surface area contributed by atoms with E-state index in [4.69, 9.17) is 5.73 Å². The predicted molar refractivity (Wildman–Crippen MR) is 64.5 cm³/mol. The maximum absolute atomic E-state index is 12.0. The largest absolute Gasteiger partial charge is 0.341 e. The lowest BCUT2D eigenvalue weighted by atomic mass is 9.86. The molecule has 2 atom stereocenters. The first-order chi connectivity index (χ1) is 6.59. The van der Waals surface area contributed by atoms with Crippen LogP contribution in [-0.2, 0) is 4.79 Å².